The average Bonchev–Trinajstić information content (AvgIpc) is 3.14. The number of fused-ring (bicyclic) bond motifs is 1. The van der Waals surface area contributed by atoms with Crippen molar-refractivity contribution >= 4 is 44.8 Å². The van der Waals surface area contributed by atoms with Crippen molar-refractivity contribution in [3.05, 3.63) is 63.1 Å². The van der Waals surface area contributed by atoms with E-state index in [-0.39, 0.29) is 24.9 Å². The molecule has 1 N–H and O–H groups in total. The van der Waals surface area contributed by atoms with Crippen LogP contribution in [0.4, 0.5) is 5.69 Å². The Kier molecular flexibility index (Phi) is 7.32. The van der Waals surface area contributed by atoms with Gasteiger partial charge in [0.15, 0.2) is 0 Å². The quantitative estimate of drug-likeness (QED) is 0.598. The van der Waals surface area contributed by atoms with Crippen LogP contribution >= 0.6 is 23.2 Å². The van der Waals surface area contributed by atoms with Gasteiger partial charge in [-0.1, -0.05) is 41.4 Å². The van der Waals surface area contributed by atoms with E-state index in [1.807, 2.05) is 6.92 Å². The van der Waals surface area contributed by atoms with E-state index in [9.17, 15) is 13.2 Å². The first kappa shape index (κ1) is 22.9. The van der Waals surface area contributed by atoms with Crippen LogP contribution in [0.25, 0.3) is 0 Å². The maximum absolute atomic E-state index is 12.4. The van der Waals surface area contributed by atoms with Gasteiger partial charge < -0.3 is 5.32 Å². The predicted octanol–water partition coefficient (Wildman–Crippen LogP) is 4.91. The van der Waals surface area contributed by atoms with Gasteiger partial charge in [-0.05, 0) is 67.5 Å². The Morgan fingerprint density at radius 3 is 2.60 bits per heavy atom. The van der Waals surface area contributed by atoms with Gasteiger partial charge in [0.25, 0.3) is 0 Å². The maximum atomic E-state index is 12.4. The first-order chi connectivity index (χ1) is 14.1. The van der Waals surface area contributed by atoms with Gasteiger partial charge in [-0.2, -0.15) is 0 Å². The molecule has 2 aromatic carbocycles. The van der Waals surface area contributed by atoms with Crippen LogP contribution in [0.1, 0.15) is 48.9 Å². The van der Waals surface area contributed by atoms with Crippen LogP contribution < -0.4 is 9.62 Å². The molecule has 0 aromatic heterocycles. The molecule has 5 nitrogen and oxygen atoms in total. The standard InChI is InChI=1S/C22H26Cl2N2O3S/c1-15(17-9-8-16-5-3-6-18(16)13-17)25-22(27)7-4-12-26(30(2,28)29)21-14-19(23)10-11-20(21)24/h8-11,13-15H,3-7,12H2,1-2H3,(H,25,27). The zero-order chi connectivity index (χ0) is 21.9. The molecule has 1 atom stereocenters. The minimum atomic E-state index is -3.57. The van der Waals surface area contributed by atoms with Crippen LogP contribution in [0.2, 0.25) is 10.0 Å². The van der Waals surface area contributed by atoms with Crippen LogP contribution in [0, 0.1) is 0 Å². The van der Waals surface area contributed by atoms with E-state index >= 15 is 0 Å². The van der Waals surface area contributed by atoms with Crippen molar-refractivity contribution in [2.24, 2.45) is 0 Å². The van der Waals surface area contributed by atoms with Crippen LogP contribution in [0.3, 0.4) is 0 Å². The Bertz CT molecular complexity index is 1040. The van der Waals surface area contributed by atoms with Crippen molar-refractivity contribution in [1.29, 1.82) is 0 Å². The van der Waals surface area contributed by atoms with E-state index in [2.05, 4.69) is 23.5 Å². The van der Waals surface area contributed by atoms with Crippen LogP contribution in [0.15, 0.2) is 36.4 Å². The topological polar surface area (TPSA) is 66.5 Å². The largest absolute Gasteiger partial charge is 0.350 e. The summed E-state index contributed by atoms with van der Waals surface area (Å²) >= 11 is 12.2. The zero-order valence-electron chi connectivity index (χ0n) is 17.1. The summed E-state index contributed by atoms with van der Waals surface area (Å²) < 4.78 is 25.7. The smallest absolute Gasteiger partial charge is 0.232 e. The van der Waals surface area contributed by atoms with E-state index in [1.165, 1.54) is 27.9 Å². The molecule has 2 aromatic rings. The van der Waals surface area contributed by atoms with E-state index < -0.39 is 10.0 Å². The molecule has 30 heavy (non-hydrogen) atoms. The molecule has 0 bridgehead atoms. The molecular formula is C22H26Cl2N2O3S. The number of halogens is 2. The van der Waals surface area contributed by atoms with E-state index in [1.54, 1.807) is 12.1 Å². The summed E-state index contributed by atoms with van der Waals surface area (Å²) in [6.45, 7) is 2.10. The maximum Gasteiger partial charge on any atom is 0.232 e. The van der Waals surface area contributed by atoms with Crippen LogP contribution in [0.5, 0.6) is 0 Å². The zero-order valence-corrected chi connectivity index (χ0v) is 19.4. The third-order valence-electron chi connectivity index (χ3n) is 5.34. The highest BCUT2D eigenvalue weighted by Gasteiger charge is 2.21. The summed E-state index contributed by atoms with van der Waals surface area (Å²) in [4.78, 5) is 12.4. The molecule has 0 heterocycles. The Morgan fingerprint density at radius 2 is 1.87 bits per heavy atom. The SMILES string of the molecule is CC(NC(=O)CCCN(c1cc(Cl)ccc1Cl)S(C)(=O)=O)c1ccc2c(c1)CCC2. The molecule has 0 radical (unpaired) electrons. The number of nitrogens with one attached hydrogen (secondary N) is 1. The number of aryl methyl sites for hydroxylation is 2. The highest BCUT2D eigenvalue weighted by molar-refractivity contribution is 7.92. The summed E-state index contributed by atoms with van der Waals surface area (Å²) in [6.07, 6.45) is 5.09. The summed E-state index contributed by atoms with van der Waals surface area (Å²) in [5.74, 6) is -0.117. The molecular weight excluding hydrogens is 443 g/mol. The molecule has 0 fully saturated rings. The summed E-state index contributed by atoms with van der Waals surface area (Å²) in [7, 11) is -3.57. The van der Waals surface area contributed by atoms with Gasteiger partial charge >= 0.3 is 0 Å². The summed E-state index contributed by atoms with van der Waals surface area (Å²) in [5, 5.41) is 3.69. The summed E-state index contributed by atoms with van der Waals surface area (Å²) in [5.41, 5.74) is 4.18. The second-order valence-electron chi connectivity index (χ2n) is 7.71. The highest BCUT2D eigenvalue weighted by atomic mass is 35.5. The fraction of sp³-hybridized carbons (Fsp3) is 0.409. The Balaban J connectivity index is 1.58. The van der Waals surface area contributed by atoms with Gasteiger partial charge in [0.05, 0.1) is 23.0 Å². The normalized spacial score (nSPS) is 14.3. The van der Waals surface area contributed by atoms with Crippen molar-refractivity contribution < 1.29 is 13.2 Å². The number of carbonyl (C=O) groups is 1. The van der Waals surface area contributed by atoms with Crippen LogP contribution in [-0.2, 0) is 27.7 Å². The van der Waals surface area contributed by atoms with Gasteiger partial charge in [0.1, 0.15) is 0 Å². The minimum absolute atomic E-state index is 0.100. The number of nitrogens with zero attached hydrogens (tertiary/aromatic N) is 1. The summed E-state index contributed by atoms with van der Waals surface area (Å²) in [6, 6.07) is 11.0. The van der Waals surface area contributed by atoms with Crippen molar-refractivity contribution in [2.75, 3.05) is 17.1 Å². The molecule has 0 saturated carbocycles. The predicted molar refractivity (Wildman–Crippen MR) is 123 cm³/mol. The Morgan fingerprint density at radius 1 is 1.13 bits per heavy atom. The van der Waals surface area contributed by atoms with Crippen molar-refractivity contribution in [2.45, 2.75) is 45.1 Å². The lowest BCUT2D eigenvalue weighted by Crippen LogP contribution is -2.32. The molecule has 3 rings (SSSR count). The lowest BCUT2D eigenvalue weighted by molar-refractivity contribution is -0.121. The van der Waals surface area contributed by atoms with Crippen molar-refractivity contribution in [3.8, 4) is 0 Å². The molecule has 162 valence electrons. The lowest BCUT2D eigenvalue weighted by Gasteiger charge is -2.23. The first-order valence-corrected chi connectivity index (χ1v) is 12.6. The van der Waals surface area contributed by atoms with Gasteiger partial charge in [0.2, 0.25) is 15.9 Å². The number of carbonyl (C=O) groups excluding carboxylic acids is 1. The fourth-order valence-corrected chi connectivity index (χ4v) is 5.19. The van der Waals surface area contributed by atoms with Gasteiger partial charge in [-0.15, -0.1) is 0 Å². The van der Waals surface area contributed by atoms with E-state index in [0.717, 1.165) is 24.7 Å². The molecule has 0 saturated heterocycles. The van der Waals surface area contributed by atoms with Gasteiger partial charge in [-0.25, -0.2) is 8.42 Å². The first-order valence-electron chi connectivity index (χ1n) is 9.99. The molecule has 0 aliphatic heterocycles. The molecule has 1 aliphatic carbocycles. The minimum Gasteiger partial charge on any atom is -0.350 e. The number of hydrogen-bond donors (Lipinski definition) is 1. The van der Waals surface area contributed by atoms with E-state index in [0.29, 0.717) is 22.2 Å². The van der Waals surface area contributed by atoms with Gasteiger partial charge in [0, 0.05) is 18.0 Å². The Labute approximate surface area is 188 Å². The monoisotopic (exact) mass is 468 g/mol. The fourth-order valence-electron chi connectivity index (χ4n) is 3.78. The van der Waals surface area contributed by atoms with Crippen LogP contribution in [-0.4, -0.2) is 27.1 Å². The number of anilines is 1. The molecule has 8 heteroatoms. The molecule has 1 amide bonds. The third-order valence-corrected chi connectivity index (χ3v) is 7.08. The Hall–Kier alpha value is -1.76. The second kappa shape index (κ2) is 9.58. The van der Waals surface area contributed by atoms with Gasteiger partial charge in [-0.3, -0.25) is 9.10 Å². The number of amides is 1. The second-order valence-corrected chi connectivity index (χ2v) is 10.5. The van der Waals surface area contributed by atoms with E-state index in [4.69, 9.17) is 23.2 Å². The molecule has 0 spiro atoms. The molecule has 1 unspecified atom stereocenters. The third kappa shape index (κ3) is 5.68. The highest BCUT2D eigenvalue weighted by Crippen LogP contribution is 2.31. The number of sulfonamides is 1. The lowest BCUT2D eigenvalue weighted by atomic mass is 10.0. The number of benzene rings is 2. The van der Waals surface area contributed by atoms with Crippen molar-refractivity contribution in [1.82, 2.24) is 5.32 Å². The number of hydrogen-bond acceptors (Lipinski definition) is 3. The molecule has 1 aliphatic rings. The van der Waals surface area contributed by atoms with Crippen molar-refractivity contribution in [3.63, 3.8) is 0 Å². The number of rotatable bonds is 8. The average molecular weight is 469 g/mol.